The van der Waals surface area contributed by atoms with E-state index in [9.17, 15) is 0 Å². The summed E-state index contributed by atoms with van der Waals surface area (Å²) in [5.74, 6) is 1.23. The van der Waals surface area contributed by atoms with E-state index in [0.29, 0.717) is 11.8 Å². The Kier molecular flexibility index (Phi) is 4.38. The summed E-state index contributed by atoms with van der Waals surface area (Å²) in [5, 5.41) is 0. The molecule has 0 saturated carbocycles. The first kappa shape index (κ1) is 15.3. The van der Waals surface area contributed by atoms with Crippen molar-refractivity contribution >= 4 is 0 Å². The fourth-order valence-corrected chi connectivity index (χ4v) is 3.75. The van der Waals surface area contributed by atoms with Crippen molar-refractivity contribution in [2.24, 2.45) is 0 Å². The van der Waals surface area contributed by atoms with Gasteiger partial charge in [0.2, 0.25) is 0 Å². The fourth-order valence-electron chi connectivity index (χ4n) is 3.75. The molecule has 0 aliphatic heterocycles. The first-order chi connectivity index (χ1) is 10.5. The van der Waals surface area contributed by atoms with E-state index in [-0.39, 0.29) is 0 Å². The second-order valence-corrected chi connectivity index (χ2v) is 7.38. The van der Waals surface area contributed by atoms with Crippen LogP contribution in [-0.2, 0) is 25.7 Å². The average molecular weight is 292 g/mol. The molecule has 0 radical (unpaired) electrons. The second-order valence-electron chi connectivity index (χ2n) is 7.38. The third-order valence-corrected chi connectivity index (χ3v) is 5.02. The van der Waals surface area contributed by atoms with Crippen LogP contribution in [0.25, 0.3) is 0 Å². The maximum atomic E-state index is 2.47. The number of aryl methyl sites for hydroxylation is 4. The Morgan fingerprint density at radius 1 is 0.591 bits per heavy atom. The topological polar surface area (TPSA) is 0 Å². The zero-order chi connectivity index (χ0) is 15.7. The van der Waals surface area contributed by atoms with Gasteiger partial charge in [-0.05, 0) is 70.9 Å². The van der Waals surface area contributed by atoms with Gasteiger partial charge in [0.25, 0.3) is 0 Å². The SMILES string of the molecule is CC(C)c1ccc2cc1CCc1cc(ccc1C(C)C)CC2. The minimum Gasteiger partial charge on any atom is -0.0587 e. The lowest BCUT2D eigenvalue weighted by Crippen LogP contribution is -2.06. The summed E-state index contributed by atoms with van der Waals surface area (Å²) in [4.78, 5) is 0. The third kappa shape index (κ3) is 3.11. The quantitative estimate of drug-likeness (QED) is 0.654. The molecule has 4 bridgehead atoms. The molecular weight excluding hydrogens is 264 g/mol. The Morgan fingerprint density at radius 2 is 1.00 bits per heavy atom. The average Bonchev–Trinajstić information content (AvgIpc) is 2.50. The van der Waals surface area contributed by atoms with Crippen molar-refractivity contribution < 1.29 is 0 Å². The predicted molar refractivity (Wildman–Crippen MR) is 95.9 cm³/mol. The molecule has 0 saturated heterocycles. The molecular formula is C22H28. The molecule has 0 amide bonds. The highest BCUT2D eigenvalue weighted by Gasteiger charge is 2.13. The smallest absolute Gasteiger partial charge is 0.0216 e. The van der Waals surface area contributed by atoms with Crippen molar-refractivity contribution in [3.63, 3.8) is 0 Å². The van der Waals surface area contributed by atoms with Gasteiger partial charge in [-0.25, -0.2) is 0 Å². The van der Waals surface area contributed by atoms with Gasteiger partial charge in [0.1, 0.15) is 0 Å². The molecule has 0 unspecified atom stereocenters. The lowest BCUT2D eigenvalue weighted by molar-refractivity contribution is 0.796. The van der Waals surface area contributed by atoms with Gasteiger partial charge in [-0.2, -0.15) is 0 Å². The van der Waals surface area contributed by atoms with Crippen molar-refractivity contribution in [2.75, 3.05) is 0 Å². The third-order valence-electron chi connectivity index (χ3n) is 5.02. The molecule has 0 heteroatoms. The summed E-state index contributed by atoms with van der Waals surface area (Å²) in [6.45, 7) is 9.24. The fraction of sp³-hybridized carbons (Fsp3) is 0.455. The molecule has 1 aliphatic carbocycles. The molecule has 3 rings (SSSR count). The van der Waals surface area contributed by atoms with E-state index >= 15 is 0 Å². The van der Waals surface area contributed by atoms with Gasteiger partial charge in [0.05, 0.1) is 0 Å². The van der Waals surface area contributed by atoms with Gasteiger partial charge in [0, 0.05) is 0 Å². The first-order valence-corrected chi connectivity index (χ1v) is 8.78. The van der Waals surface area contributed by atoms with E-state index in [1.165, 1.54) is 35.1 Å². The van der Waals surface area contributed by atoms with Crippen LogP contribution in [0.1, 0.15) is 72.9 Å². The number of hydrogen-bond acceptors (Lipinski definition) is 0. The van der Waals surface area contributed by atoms with Gasteiger partial charge >= 0.3 is 0 Å². The second kappa shape index (κ2) is 6.28. The molecule has 2 aromatic carbocycles. The maximum absolute atomic E-state index is 2.47. The highest BCUT2D eigenvalue weighted by atomic mass is 14.2. The van der Waals surface area contributed by atoms with Gasteiger partial charge in [-0.3, -0.25) is 0 Å². The molecule has 2 aromatic rings. The molecule has 1 aliphatic rings. The molecule has 0 heterocycles. The first-order valence-electron chi connectivity index (χ1n) is 8.78. The summed E-state index contributed by atoms with van der Waals surface area (Å²) in [6, 6.07) is 14.4. The molecule has 0 aromatic heterocycles. The molecule has 0 nitrogen and oxygen atoms in total. The highest BCUT2D eigenvalue weighted by molar-refractivity contribution is 5.39. The van der Waals surface area contributed by atoms with E-state index in [1.807, 2.05) is 0 Å². The Hall–Kier alpha value is -1.56. The monoisotopic (exact) mass is 292 g/mol. The van der Waals surface area contributed by atoms with Crippen molar-refractivity contribution in [2.45, 2.75) is 65.2 Å². The standard InChI is InChI=1S/C22H28/c1-15(2)21-11-7-17-5-6-18-8-12-22(16(3)4)20(14-18)10-9-19(21)13-17/h7-8,11-16H,5-6,9-10H2,1-4H3. The summed E-state index contributed by atoms with van der Waals surface area (Å²) < 4.78 is 0. The van der Waals surface area contributed by atoms with Crippen LogP contribution in [-0.4, -0.2) is 0 Å². The minimum absolute atomic E-state index is 0.614. The number of rotatable bonds is 2. The molecule has 0 N–H and O–H groups in total. The van der Waals surface area contributed by atoms with Crippen LogP contribution in [0.3, 0.4) is 0 Å². The van der Waals surface area contributed by atoms with Gasteiger partial charge in [0.15, 0.2) is 0 Å². The van der Waals surface area contributed by atoms with Crippen LogP contribution in [0.4, 0.5) is 0 Å². The van der Waals surface area contributed by atoms with Crippen LogP contribution in [0.2, 0.25) is 0 Å². The van der Waals surface area contributed by atoms with E-state index < -0.39 is 0 Å². The summed E-state index contributed by atoms with van der Waals surface area (Å²) in [6.07, 6.45) is 4.66. The summed E-state index contributed by atoms with van der Waals surface area (Å²) in [7, 11) is 0. The Balaban J connectivity index is 2.01. The highest BCUT2D eigenvalue weighted by Crippen LogP contribution is 2.28. The van der Waals surface area contributed by atoms with Crippen molar-refractivity contribution in [1.82, 2.24) is 0 Å². The zero-order valence-corrected chi connectivity index (χ0v) is 14.4. The van der Waals surface area contributed by atoms with Gasteiger partial charge < -0.3 is 0 Å². The van der Waals surface area contributed by atoms with Crippen LogP contribution in [0.15, 0.2) is 36.4 Å². The number of benzene rings is 2. The lowest BCUT2D eigenvalue weighted by Gasteiger charge is -2.19. The predicted octanol–water partition coefficient (Wildman–Crippen LogP) is 5.82. The Bertz CT molecular complexity index is 602. The van der Waals surface area contributed by atoms with E-state index in [2.05, 4.69) is 64.1 Å². The number of fused-ring (bicyclic) bond motifs is 4. The number of hydrogen-bond donors (Lipinski definition) is 0. The molecule has 22 heavy (non-hydrogen) atoms. The maximum Gasteiger partial charge on any atom is -0.0216 e. The van der Waals surface area contributed by atoms with E-state index in [1.54, 1.807) is 11.1 Å². The van der Waals surface area contributed by atoms with E-state index in [0.717, 1.165) is 12.8 Å². The van der Waals surface area contributed by atoms with Gasteiger partial charge in [-0.15, -0.1) is 0 Å². The van der Waals surface area contributed by atoms with E-state index in [4.69, 9.17) is 0 Å². The van der Waals surface area contributed by atoms with Crippen LogP contribution in [0.5, 0.6) is 0 Å². The summed E-state index contributed by atoms with van der Waals surface area (Å²) >= 11 is 0. The van der Waals surface area contributed by atoms with Crippen molar-refractivity contribution in [3.8, 4) is 0 Å². The van der Waals surface area contributed by atoms with Gasteiger partial charge in [-0.1, -0.05) is 64.1 Å². The van der Waals surface area contributed by atoms with Crippen LogP contribution >= 0.6 is 0 Å². The molecule has 116 valence electrons. The Morgan fingerprint density at radius 3 is 1.36 bits per heavy atom. The van der Waals surface area contributed by atoms with Crippen LogP contribution in [0, 0.1) is 0 Å². The lowest BCUT2D eigenvalue weighted by atomic mass is 9.86. The zero-order valence-electron chi connectivity index (χ0n) is 14.4. The summed E-state index contributed by atoms with van der Waals surface area (Å²) in [5.41, 5.74) is 9.19. The largest absolute Gasteiger partial charge is 0.0587 e. The van der Waals surface area contributed by atoms with Crippen LogP contribution < -0.4 is 0 Å². The molecule has 0 spiro atoms. The minimum atomic E-state index is 0.614. The van der Waals surface area contributed by atoms with Crippen molar-refractivity contribution in [3.05, 3.63) is 69.8 Å². The Labute approximate surface area is 135 Å². The molecule has 0 atom stereocenters. The van der Waals surface area contributed by atoms with Crippen molar-refractivity contribution in [1.29, 1.82) is 0 Å². The normalized spacial score (nSPS) is 14.5. The molecule has 0 fully saturated rings.